The van der Waals surface area contributed by atoms with Crippen LogP contribution in [0.1, 0.15) is 31.7 Å². The molecule has 1 saturated carbocycles. The summed E-state index contributed by atoms with van der Waals surface area (Å²) in [6.45, 7) is 3.49. The first kappa shape index (κ1) is 14.1. The maximum Gasteiger partial charge on any atom is 0.188 e. The summed E-state index contributed by atoms with van der Waals surface area (Å²) in [5.74, 6) is 0.156. The van der Waals surface area contributed by atoms with Gasteiger partial charge in [-0.3, -0.25) is 4.99 Å². The summed E-state index contributed by atoms with van der Waals surface area (Å²) in [5, 5.41) is 3.52. The third-order valence-electron chi connectivity index (χ3n) is 3.46. The average Bonchev–Trinajstić information content (AvgIpc) is 3.15. The van der Waals surface area contributed by atoms with Crippen molar-refractivity contribution in [1.82, 2.24) is 5.32 Å². The SMILES string of the molecule is CCCNC(N)=NCC1(c2ccc(F)cc2Cl)CC1. The van der Waals surface area contributed by atoms with Crippen LogP contribution in [0.3, 0.4) is 0 Å². The molecule has 1 aromatic carbocycles. The number of benzene rings is 1. The van der Waals surface area contributed by atoms with Crippen LogP contribution < -0.4 is 11.1 Å². The highest BCUT2D eigenvalue weighted by Gasteiger charge is 2.45. The molecule has 0 aliphatic heterocycles. The first-order chi connectivity index (χ1) is 9.07. The minimum absolute atomic E-state index is 0.0523. The van der Waals surface area contributed by atoms with E-state index < -0.39 is 0 Å². The summed E-state index contributed by atoms with van der Waals surface area (Å²) in [6.07, 6.45) is 3.04. The molecule has 3 N–H and O–H groups in total. The Kier molecular flexibility index (Phi) is 4.30. The van der Waals surface area contributed by atoms with Gasteiger partial charge in [0.05, 0.1) is 6.54 Å². The third kappa shape index (κ3) is 3.38. The van der Waals surface area contributed by atoms with E-state index in [1.54, 1.807) is 6.07 Å². The minimum atomic E-state index is -0.308. The van der Waals surface area contributed by atoms with E-state index in [1.165, 1.54) is 12.1 Å². The zero-order valence-electron chi connectivity index (χ0n) is 11.0. The maximum absolute atomic E-state index is 13.1. The number of nitrogens with one attached hydrogen (secondary N) is 1. The Morgan fingerprint density at radius 1 is 1.53 bits per heavy atom. The van der Waals surface area contributed by atoms with Crippen LogP contribution in [0.5, 0.6) is 0 Å². The van der Waals surface area contributed by atoms with Crippen LogP contribution in [0.4, 0.5) is 4.39 Å². The van der Waals surface area contributed by atoms with Crippen molar-refractivity contribution >= 4 is 17.6 Å². The monoisotopic (exact) mass is 283 g/mol. The van der Waals surface area contributed by atoms with Gasteiger partial charge in [0.2, 0.25) is 0 Å². The van der Waals surface area contributed by atoms with E-state index in [0.717, 1.165) is 31.4 Å². The molecule has 3 nitrogen and oxygen atoms in total. The van der Waals surface area contributed by atoms with E-state index in [1.807, 2.05) is 0 Å². The van der Waals surface area contributed by atoms with Crippen LogP contribution in [-0.4, -0.2) is 19.0 Å². The second kappa shape index (κ2) is 5.78. The Morgan fingerprint density at radius 3 is 2.84 bits per heavy atom. The molecule has 5 heteroatoms. The van der Waals surface area contributed by atoms with Gasteiger partial charge in [-0.2, -0.15) is 0 Å². The first-order valence-corrected chi connectivity index (χ1v) is 6.94. The Bertz CT molecular complexity index is 484. The van der Waals surface area contributed by atoms with Gasteiger partial charge >= 0.3 is 0 Å². The molecular weight excluding hydrogens is 265 g/mol. The van der Waals surface area contributed by atoms with Gasteiger partial charge in [-0.25, -0.2) is 4.39 Å². The molecule has 0 atom stereocenters. The molecule has 1 aliphatic rings. The van der Waals surface area contributed by atoms with Crippen molar-refractivity contribution in [2.24, 2.45) is 10.7 Å². The van der Waals surface area contributed by atoms with Crippen molar-refractivity contribution < 1.29 is 4.39 Å². The Morgan fingerprint density at radius 2 is 2.26 bits per heavy atom. The Hall–Kier alpha value is -1.29. The molecule has 1 aromatic rings. The van der Waals surface area contributed by atoms with Gasteiger partial charge in [0, 0.05) is 17.0 Å². The van der Waals surface area contributed by atoms with Crippen LogP contribution in [0.2, 0.25) is 5.02 Å². The Labute approximate surface area is 118 Å². The molecular formula is C14H19ClFN3. The molecule has 1 fully saturated rings. The maximum atomic E-state index is 13.1. The van der Waals surface area contributed by atoms with Crippen molar-refractivity contribution in [2.75, 3.05) is 13.1 Å². The molecule has 0 heterocycles. The van der Waals surface area contributed by atoms with Crippen LogP contribution in [0, 0.1) is 5.82 Å². The fraction of sp³-hybridized carbons (Fsp3) is 0.500. The highest BCUT2D eigenvalue weighted by Crippen LogP contribution is 2.50. The van der Waals surface area contributed by atoms with E-state index >= 15 is 0 Å². The zero-order valence-corrected chi connectivity index (χ0v) is 11.8. The molecule has 19 heavy (non-hydrogen) atoms. The molecule has 1 aliphatic carbocycles. The van der Waals surface area contributed by atoms with Gasteiger partial charge in [-0.05, 0) is 37.0 Å². The van der Waals surface area contributed by atoms with Crippen LogP contribution in [-0.2, 0) is 5.41 Å². The quantitative estimate of drug-likeness (QED) is 0.645. The molecule has 0 amide bonds. The van der Waals surface area contributed by atoms with Crippen molar-refractivity contribution in [1.29, 1.82) is 0 Å². The summed E-state index contributed by atoms with van der Waals surface area (Å²) in [7, 11) is 0. The van der Waals surface area contributed by atoms with Crippen molar-refractivity contribution in [2.45, 2.75) is 31.6 Å². The second-order valence-corrected chi connectivity index (χ2v) is 5.44. The summed E-state index contributed by atoms with van der Waals surface area (Å²) in [4.78, 5) is 4.37. The molecule has 0 saturated heterocycles. The average molecular weight is 284 g/mol. The number of halogens is 2. The number of guanidine groups is 1. The zero-order chi connectivity index (χ0) is 13.9. The smallest absolute Gasteiger partial charge is 0.188 e. The topological polar surface area (TPSA) is 50.4 Å². The number of rotatable bonds is 5. The molecule has 2 rings (SSSR count). The number of nitrogens with zero attached hydrogens (tertiary/aromatic N) is 1. The highest BCUT2D eigenvalue weighted by atomic mass is 35.5. The van der Waals surface area contributed by atoms with Crippen molar-refractivity contribution in [3.63, 3.8) is 0 Å². The molecule has 0 aromatic heterocycles. The normalized spacial score (nSPS) is 17.3. The lowest BCUT2D eigenvalue weighted by molar-refractivity contribution is 0.623. The van der Waals surface area contributed by atoms with Crippen LogP contribution >= 0.6 is 11.6 Å². The first-order valence-electron chi connectivity index (χ1n) is 6.57. The van der Waals surface area contributed by atoms with Gasteiger partial charge < -0.3 is 11.1 Å². The molecule has 0 radical (unpaired) electrons. The lowest BCUT2D eigenvalue weighted by atomic mass is 9.96. The number of hydrogen-bond acceptors (Lipinski definition) is 1. The van der Waals surface area contributed by atoms with Crippen molar-refractivity contribution in [3.8, 4) is 0 Å². The van der Waals surface area contributed by atoms with Gasteiger partial charge in [0.1, 0.15) is 5.82 Å². The fourth-order valence-corrected chi connectivity index (χ4v) is 2.50. The largest absolute Gasteiger partial charge is 0.370 e. The molecule has 0 spiro atoms. The fourth-order valence-electron chi connectivity index (χ4n) is 2.13. The van der Waals surface area contributed by atoms with Gasteiger partial charge in [-0.15, -0.1) is 0 Å². The van der Waals surface area contributed by atoms with Crippen molar-refractivity contribution in [3.05, 3.63) is 34.6 Å². The summed E-state index contributed by atoms with van der Waals surface area (Å²) < 4.78 is 13.1. The predicted octanol–water partition coefficient (Wildman–Crippen LogP) is 2.83. The predicted molar refractivity (Wildman–Crippen MR) is 77.1 cm³/mol. The lowest BCUT2D eigenvalue weighted by Crippen LogP contribution is -2.33. The van der Waals surface area contributed by atoms with E-state index in [0.29, 0.717) is 17.5 Å². The second-order valence-electron chi connectivity index (χ2n) is 5.03. The number of aliphatic imine (C=N–C) groups is 1. The summed E-state index contributed by atoms with van der Waals surface area (Å²) >= 11 is 6.12. The van der Waals surface area contributed by atoms with E-state index in [9.17, 15) is 4.39 Å². The molecule has 0 unspecified atom stereocenters. The van der Waals surface area contributed by atoms with E-state index in [4.69, 9.17) is 17.3 Å². The number of nitrogens with two attached hydrogens (primary N) is 1. The van der Waals surface area contributed by atoms with Gasteiger partial charge in [0.25, 0.3) is 0 Å². The lowest BCUT2D eigenvalue weighted by Gasteiger charge is -2.15. The highest BCUT2D eigenvalue weighted by molar-refractivity contribution is 6.31. The van der Waals surface area contributed by atoms with Gasteiger partial charge in [-0.1, -0.05) is 24.6 Å². The number of hydrogen-bond donors (Lipinski definition) is 2. The summed E-state index contributed by atoms with van der Waals surface area (Å²) in [5.41, 5.74) is 6.70. The van der Waals surface area contributed by atoms with E-state index in [-0.39, 0.29) is 11.2 Å². The molecule has 0 bridgehead atoms. The molecule has 104 valence electrons. The van der Waals surface area contributed by atoms with Crippen LogP contribution in [0.15, 0.2) is 23.2 Å². The minimum Gasteiger partial charge on any atom is -0.370 e. The van der Waals surface area contributed by atoms with E-state index in [2.05, 4.69) is 17.2 Å². The summed E-state index contributed by atoms with van der Waals surface area (Å²) in [6, 6.07) is 4.57. The Balaban J connectivity index is 2.07. The van der Waals surface area contributed by atoms with Crippen LogP contribution in [0.25, 0.3) is 0 Å². The third-order valence-corrected chi connectivity index (χ3v) is 3.78. The van der Waals surface area contributed by atoms with Gasteiger partial charge in [0.15, 0.2) is 5.96 Å². The standard InChI is InChI=1S/C14H19ClFN3/c1-2-7-18-13(17)19-9-14(5-6-14)11-4-3-10(16)8-12(11)15/h3-4,8H,2,5-7,9H2,1H3,(H3,17,18,19).